The Labute approximate surface area is 201 Å². The van der Waals surface area contributed by atoms with E-state index in [0.29, 0.717) is 48.8 Å². The fraction of sp³-hybridized carbons (Fsp3) is 0.500. The van der Waals surface area contributed by atoms with Gasteiger partial charge >= 0.3 is 0 Å². The van der Waals surface area contributed by atoms with E-state index in [2.05, 4.69) is 46.4 Å². The molecule has 2 heterocycles. The van der Waals surface area contributed by atoms with Gasteiger partial charge in [0, 0.05) is 51.7 Å². The number of ether oxygens (including phenoxy) is 2. The first-order chi connectivity index (χ1) is 16.3. The molecule has 0 spiro atoms. The number of hydrogen-bond acceptors (Lipinski definition) is 8. The second kappa shape index (κ2) is 13.5. The van der Waals surface area contributed by atoms with Crippen LogP contribution in [0.1, 0.15) is 60.9 Å². The summed E-state index contributed by atoms with van der Waals surface area (Å²) >= 11 is 0. The minimum atomic E-state index is -0.307. The maximum absolute atomic E-state index is 12.6. The van der Waals surface area contributed by atoms with E-state index in [1.807, 2.05) is 6.07 Å². The van der Waals surface area contributed by atoms with Gasteiger partial charge in [0.25, 0.3) is 5.91 Å². The number of allylic oxidation sites excluding steroid dienone is 2. The lowest BCUT2D eigenvalue weighted by molar-refractivity contribution is 0.0958. The van der Waals surface area contributed by atoms with E-state index in [4.69, 9.17) is 9.47 Å². The van der Waals surface area contributed by atoms with Crippen LogP contribution in [0.5, 0.6) is 5.88 Å². The summed E-state index contributed by atoms with van der Waals surface area (Å²) in [7, 11) is 5.08. The Morgan fingerprint density at radius 1 is 1.29 bits per heavy atom. The number of nitrogens with zero attached hydrogens (tertiary/aromatic N) is 4. The van der Waals surface area contributed by atoms with Gasteiger partial charge in [-0.25, -0.2) is 0 Å². The first-order valence-electron chi connectivity index (χ1n) is 11.3. The van der Waals surface area contributed by atoms with E-state index in [1.54, 1.807) is 39.4 Å². The van der Waals surface area contributed by atoms with Crippen LogP contribution in [0.25, 0.3) is 0 Å². The van der Waals surface area contributed by atoms with Gasteiger partial charge < -0.3 is 25.2 Å². The molecule has 186 valence electrons. The minimum absolute atomic E-state index is 0.000695. The van der Waals surface area contributed by atoms with Crippen LogP contribution in [0.2, 0.25) is 0 Å². The number of carbonyl (C=O) groups is 1. The van der Waals surface area contributed by atoms with E-state index >= 15 is 0 Å². The summed E-state index contributed by atoms with van der Waals surface area (Å²) < 4.78 is 12.5. The molecule has 2 aromatic rings. The molecule has 1 atom stereocenters. The van der Waals surface area contributed by atoms with Crippen LogP contribution < -0.4 is 15.4 Å². The zero-order valence-electron chi connectivity index (χ0n) is 20.7. The number of aryl methyl sites for hydroxylation is 1. The second-order valence-corrected chi connectivity index (χ2v) is 8.22. The molecule has 0 saturated heterocycles. The molecule has 0 radical (unpaired) electrons. The molecule has 0 aromatic carbocycles. The number of aromatic nitrogens is 4. The summed E-state index contributed by atoms with van der Waals surface area (Å²) in [5.41, 5.74) is 3.29. The molecular formula is C24H36N6O4. The van der Waals surface area contributed by atoms with Crippen LogP contribution >= 0.6 is 0 Å². The van der Waals surface area contributed by atoms with Crippen LogP contribution in [0.3, 0.4) is 0 Å². The summed E-state index contributed by atoms with van der Waals surface area (Å²) in [6, 6.07) is 5.38. The fourth-order valence-electron chi connectivity index (χ4n) is 3.28. The maximum atomic E-state index is 12.6. The first kappa shape index (κ1) is 27.0. The third-order valence-electron chi connectivity index (χ3n) is 5.13. The van der Waals surface area contributed by atoms with Crippen molar-refractivity contribution >= 4 is 5.91 Å². The number of hydrogen-bond donors (Lipinski definition) is 3. The van der Waals surface area contributed by atoms with E-state index in [-0.39, 0.29) is 24.5 Å². The lowest BCUT2D eigenvalue weighted by atomic mass is 10.1. The molecule has 1 amide bonds. The van der Waals surface area contributed by atoms with Crippen molar-refractivity contribution in [2.75, 3.05) is 20.8 Å². The van der Waals surface area contributed by atoms with Crippen molar-refractivity contribution in [3.05, 3.63) is 59.3 Å². The highest BCUT2D eigenvalue weighted by molar-refractivity contribution is 5.94. The maximum Gasteiger partial charge on any atom is 0.273 e. The van der Waals surface area contributed by atoms with Gasteiger partial charge in [-0.1, -0.05) is 20.4 Å². The molecule has 0 aliphatic rings. The quantitative estimate of drug-likeness (QED) is 0.358. The highest BCUT2D eigenvalue weighted by atomic mass is 16.5. The highest BCUT2D eigenvalue weighted by Gasteiger charge is 2.15. The Kier molecular flexibility index (Phi) is 10.7. The van der Waals surface area contributed by atoms with Gasteiger partial charge in [0.05, 0.1) is 18.0 Å². The molecule has 0 fully saturated rings. The molecule has 2 rings (SSSR count). The molecule has 0 saturated carbocycles. The topological polar surface area (TPSA) is 123 Å². The van der Waals surface area contributed by atoms with Crippen LogP contribution in [0.15, 0.2) is 42.2 Å². The number of aliphatic hydroxyl groups excluding tert-OH is 1. The standard InChI is InChI=1S/C24H36N6O4/c1-16(2)21-9-10-23(28-27-21)34-20(11-12-31)8-7-18(25-4)13-17(3)26-24(32)22-14-19(15-33-6)29-30(22)5/h9-10,13-14,16,20,25,31H,3,7-8,11-12,15H2,1-2,4-6H3,(H,26,32)/b18-13-. The monoisotopic (exact) mass is 472 g/mol. The molecule has 0 aliphatic heterocycles. The van der Waals surface area contributed by atoms with Crippen LogP contribution in [0, 0.1) is 0 Å². The van der Waals surface area contributed by atoms with E-state index in [1.165, 1.54) is 4.68 Å². The summed E-state index contributed by atoms with van der Waals surface area (Å²) in [4.78, 5) is 12.6. The molecule has 0 bridgehead atoms. The second-order valence-electron chi connectivity index (χ2n) is 8.22. The summed E-state index contributed by atoms with van der Waals surface area (Å²) in [5, 5.41) is 27.9. The van der Waals surface area contributed by atoms with E-state index in [0.717, 1.165) is 11.4 Å². The average Bonchev–Trinajstić information content (AvgIpc) is 3.17. The smallest absolute Gasteiger partial charge is 0.273 e. The zero-order valence-corrected chi connectivity index (χ0v) is 20.7. The van der Waals surface area contributed by atoms with Crippen molar-refractivity contribution in [3.63, 3.8) is 0 Å². The van der Waals surface area contributed by atoms with Crippen molar-refractivity contribution < 1.29 is 19.4 Å². The van der Waals surface area contributed by atoms with Crippen LogP contribution in [-0.4, -0.2) is 57.9 Å². The molecule has 0 aliphatic carbocycles. The molecule has 2 aromatic heterocycles. The van der Waals surface area contributed by atoms with Crippen molar-refractivity contribution in [2.24, 2.45) is 7.05 Å². The van der Waals surface area contributed by atoms with Gasteiger partial charge in [-0.3, -0.25) is 9.48 Å². The number of carbonyl (C=O) groups excluding carboxylic acids is 1. The first-order valence-corrected chi connectivity index (χ1v) is 11.3. The Balaban J connectivity index is 1.96. The van der Waals surface area contributed by atoms with Gasteiger partial charge in [-0.15, -0.1) is 5.10 Å². The largest absolute Gasteiger partial charge is 0.473 e. The van der Waals surface area contributed by atoms with E-state index in [9.17, 15) is 9.90 Å². The normalized spacial score (nSPS) is 12.5. The number of rotatable bonds is 14. The number of nitrogens with one attached hydrogen (secondary N) is 2. The SMILES string of the molecule is C=C(/C=C(/CCC(CCO)Oc1ccc(C(C)C)nn1)NC)NC(=O)c1cc(COC)nn1C. The molecule has 10 heteroatoms. The lowest BCUT2D eigenvalue weighted by Crippen LogP contribution is -2.25. The summed E-state index contributed by atoms with van der Waals surface area (Å²) in [5.74, 6) is 0.412. The van der Waals surface area contributed by atoms with Gasteiger partial charge in [0.15, 0.2) is 0 Å². The summed E-state index contributed by atoms with van der Waals surface area (Å²) in [6.45, 7) is 8.38. The molecule has 34 heavy (non-hydrogen) atoms. The highest BCUT2D eigenvalue weighted by Crippen LogP contribution is 2.18. The zero-order chi connectivity index (χ0) is 25.1. The molecular weight excluding hydrogens is 436 g/mol. The Bertz CT molecular complexity index is 968. The molecule has 1 unspecified atom stereocenters. The van der Waals surface area contributed by atoms with Gasteiger partial charge in [-0.05, 0) is 37.0 Å². The predicted octanol–water partition coefficient (Wildman–Crippen LogP) is 2.44. The van der Waals surface area contributed by atoms with Gasteiger partial charge in [0.2, 0.25) is 5.88 Å². The average molecular weight is 473 g/mol. The fourth-order valence-corrected chi connectivity index (χ4v) is 3.28. The van der Waals surface area contributed by atoms with Crippen molar-refractivity contribution in [1.82, 2.24) is 30.6 Å². The Morgan fingerprint density at radius 3 is 2.65 bits per heavy atom. The third kappa shape index (κ3) is 8.27. The molecule has 10 nitrogen and oxygen atoms in total. The van der Waals surface area contributed by atoms with Crippen LogP contribution in [0.4, 0.5) is 0 Å². The number of amides is 1. The van der Waals surface area contributed by atoms with E-state index < -0.39 is 0 Å². The van der Waals surface area contributed by atoms with Gasteiger partial charge in [-0.2, -0.15) is 10.2 Å². The minimum Gasteiger partial charge on any atom is -0.473 e. The van der Waals surface area contributed by atoms with Crippen LogP contribution in [-0.2, 0) is 18.4 Å². The third-order valence-corrected chi connectivity index (χ3v) is 5.13. The Morgan fingerprint density at radius 2 is 2.06 bits per heavy atom. The van der Waals surface area contributed by atoms with Crippen molar-refractivity contribution in [3.8, 4) is 5.88 Å². The number of aliphatic hydroxyl groups is 1. The summed E-state index contributed by atoms with van der Waals surface area (Å²) in [6.07, 6.45) is 3.25. The van der Waals surface area contributed by atoms with Gasteiger partial charge in [0.1, 0.15) is 11.8 Å². The van der Waals surface area contributed by atoms with Crippen molar-refractivity contribution in [1.29, 1.82) is 0 Å². The Hall–Kier alpha value is -3.24. The predicted molar refractivity (Wildman–Crippen MR) is 129 cm³/mol. The van der Waals surface area contributed by atoms with Crippen molar-refractivity contribution in [2.45, 2.75) is 51.7 Å². The lowest BCUT2D eigenvalue weighted by Gasteiger charge is -2.18. The number of methoxy groups -OCH3 is 1. The molecule has 3 N–H and O–H groups in total.